The lowest BCUT2D eigenvalue weighted by atomic mass is 10.0. The Morgan fingerprint density at radius 3 is 2.35 bits per heavy atom. The molecular weight excluding hydrogens is 234 g/mol. The van der Waals surface area contributed by atoms with Gasteiger partial charge in [-0.25, -0.2) is 8.42 Å². The molecule has 0 N–H and O–H groups in total. The second kappa shape index (κ2) is 4.75. The first-order valence-electron chi connectivity index (χ1n) is 5.11. The predicted octanol–water partition coefficient (Wildman–Crippen LogP) is 2.27. The number of sulfone groups is 1. The second-order valence-corrected chi connectivity index (χ2v) is 6.02. The molecule has 0 amide bonds. The minimum absolute atomic E-state index is 0.285. The Bertz CT molecular complexity index is 557. The van der Waals surface area contributed by atoms with Crippen molar-refractivity contribution in [2.75, 3.05) is 20.4 Å². The summed E-state index contributed by atoms with van der Waals surface area (Å²) in [5, 5.41) is 0. The molecule has 0 fully saturated rings. The lowest BCUT2D eigenvalue weighted by Crippen LogP contribution is -2.11. The molecule has 1 rings (SSSR count). The van der Waals surface area contributed by atoms with Crippen molar-refractivity contribution in [1.29, 1.82) is 0 Å². The van der Waals surface area contributed by atoms with Gasteiger partial charge in [0.1, 0.15) is 0 Å². The van der Waals surface area contributed by atoms with E-state index in [2.05, 4.69) is 13.2 Å². The van der Waals surface area contributed by atoms with E-state index in [9.17, 15) is 8.42 Å². The monoisotopic (exact) mass is 251 g/mol. The maximum Gasteiger partial charge on any atom is 0.176 e. The van der Waals surface area contributed by atoms with Crippen LogP contribution in [0.15, 0.2) is 36.3 Å². The Balaban J connectivity index is 3.56. The Labute approximate surface area is 103 Å². The van der Waals surface area contributed by atoms with E-state index in [-0.39, 0.29) is 4.90 Å². The van der Waals surface area contributed by atoms with Crippen molar-refractivity contribution in [2.24, 2.45) is 0 Å². The maximum absolute atomic E-state index is 11.7. The molecule has 1 aromatic rings. The molecule has 0 bridgehead atoms. The van der Waals surface area contributed by atoms with Gasteiger partial charge in [-0.3, -0.25) is 0 Å². The van der Waals surface area contributed by atoms with Crippen LogP contribution in [0.1, 0.15) is 11.1 Å². The van der Waals surface area contributed by atoms with Gasteiger partial charge in [-0.15, -0.1) is 0 Å². The number of benzene rings is 1. The molecule has 3 nitrogen and oxygen atoms in total. The summed E-state index contributed by atoms with van der Waals surface area (Å²) in [7, 11) is 0.469. The van der Waals surface area contributed by atoms with Crippen LogP contribution in [0.25, 0.3) is 11.8 Å². The molecular formula is C13H17NO2S. The third-order valence-electron chi connectivity index (χ3n) is 2.52. The largest absolute Gasteiger partial charge is 0.378 e. The van der Waals surface area contributed by atoms with Crippen molar-refractivity contribution in [3.8, 4) is 0 Å². The van der Waals surface area contributed by atoms with Crippen LogP contribution in [-0.4, -0.2) is 33.7 Å². The van der Waals surface area contributed by atoms with Gasteiger partial charge in [-0.05, 0) is 6.07 Å². The van der Waals surface area contributed by atoms with Gasteiger partial charge in [0.05, 0.1) is 4.90 Å². The van der Waals surface area contributed by atoms with Gasteiger partial charge < -0.3 is 4.90 Å². The molecule has 0 unspecified atom stereocenters. The van der Waals surface area contributed by atoms with Crippen LogP contribution in [0.3, 0.4) is 0 Å². The van der Waals surface area contributed by atoms with Crippen LogP contribution in [0.5, 0.6) is 0 Å². The van der Waals surface area contributed by atoms with Crippen LogP contribution in [-0.2, 0) is 9.84 Å². The highest BCUT2D eigenvalue weighted by atomic mass is 32.2. The minimum atomic E-state index is -3.26. The normalized spacial score (nSPS) is 11.0. The molecule has 0 aromatic heterocycles. The highest BCUT2D eigenvalue weighted by molar-refractivity contribution is 7.90. The average Bonchev–Trinajstić information content (AvgIpc) is 2.25. The van der Waals surface area contributed by atoms with Gasteiger partial charge in [0.2, 0.25) is 0 Å². The lowest BCUT2D eigenvalue weighted by Gasteiger charge is -2.19. The molecule has 1 aromatic carbocycles. The molecule has 0 saturated heterocycles. The molecule has 0 spiro atoms. The maximum atomic E-state index is 11.7. The Morgan fingerprint density at radius 1 is 1.35 bits per heavy atom. The van der Waals surface area contributed by atoms with Gasteiger partial charge in [-0.1, -0.05) is 31.4 Å². The second-order valence-electron chi connectivity index (χ2n) is 4.03. The Morgan fingerprint density at radius 2 is 1.94 bits per heavy atom. The standard InChI is InChI=1S/C13H17NO2S/c1-6-11-12(10(2)14(3)4)8-7-9-13(11)17(5,15)16/h6-9H,1-2H2,3-5H3. The van der Waals surface area contributed by atoms with E-state index in [1.165, 1.54) is 6.26 Å². The zero-order valence-electron chi connectivity index (χ0n) is 10.4. The molecule has 0 atom stereocenters. The van der Waals surface area contributed by atoms with E-state index in [1.807, 2.05) is 25.1 Å². The third-order valence-corrected chi connectivity index (χ3v) is 3.68. The number of hydrogen-bond acceptors (Lipinski definition) is 3. The van der Waals surface area contributed by atoms with E-state index in [1.54, 1.807) is 18.2 Å². The topological polar surface area (TPSA) is 37.4 Å². The smallest absolute Gasteiger partial charge is 0.176 e. The van der Waals surface area contributed by atoms with Gasteiger partial charge in [-0.2, -0.15) is 0 Å². The molecule has 0 aliphatic rings. The van der Waals surface area contributed by atoms with Crippen molar-refractivity contribution < 1.29 is 8.42 Å². The van der Waals surface area contributed by atoms with Gasteiger partial charge in [0, 0.05) is 37.2 Å². The van der Waals surface area contributed by atoms with Gasteiger partial charge in [0.15, 0.2) is 9.84 Å². The van der Waals surface area contributed by atoms with E-state index >= 15 is 0 Å². The quantitative estimate of drug-likeness (QED) is 0.823. The fourth-order valence-electron chi connectivity index (χ4n) is 1.57. The van der Waals surface area contributed by atoms with E-state index in [4.69, 9.17) is 0 Å². The van der Waals surface area contributed by atoms with Crippen LogP contribution >= 0.6 is 0 Å². The van der Waals surface area contributed by atoms with Crippen LogP contribution in [0, 0.1) is 0 Å². The average molecular weight is 251 g/mol. The number of nitrogens with zero attached hydrogens (tertiary/aromatic N) is 1. The lowest BCUT2D eigenvalue weighted by molar-refractivity contribution is 0.592. The van der Waals surface area contributed by atoms with E-state index in [0.29, 0.717) is 5.56 Å². The van der Waals surface area contributed by atoms with Crippen molar-refractivity contribution in [3.63, 3.8) is 0 Å². The van der Waals surface area contributed by atoms with Crippen molar-refractivity contribution >= 4 is 21.6 Å². The molecule has 4 heteroatoms. The first-order chi connectivity index (χ1) is 7.79. The number of rotatable bonds is 4. The zero-order valence-corrected chi connectivity index (χ0v) is 11.2. The van der Waals surface area contributed by atoms with Gasteiger partial charge >= 0.3 is 0 Å². The summed E-state index contributed by atoms with van der Waals surface area (Å²) in [6.07, 6.45) is 2.75. The first kappa shape index (κ1) is 13.5. The molecule has 17 heavy (non-hydrogen) atoms. The fourth-order valence-corrected chi connectivity index (χ4v) is 2.49. The first-order valence-corrected chi connectivity index (χ1v) is 7.00. The van der Waals surface area contributed by atoms with Crippen molar-refractivity contribution in [3.05, 3.63) is 42.5 Å². The summed E-state index contributed by atoms with van der Waals surface area (Å²) in [6.45, 7) is 7.62. The molecule has 0 aliphatic heterocycles. The fraction of sp³-hybridized carbons (Fsp3) is 0.231. The van der Waals surface area contributed by atoms with Crippen molar-refractivity contribution in [2.45, 2.75) is 4.90 Å². The van der Waals surface area contributed by atoms with Gasteiger partial charge in [0.25, 0.3) is 0 Å². The van der Waals surface area contributed by atoms with Crippen LogP contribution < -0.4 is 0 Å². The number of hydrogen-bond donors (Lipinski definition) is 0. The minimum Gasteiger partial charge on any atom is -0.378 e. The predicted molar refractivity (Wildman–Crippen MR) is 72.4 cm³/mol. The highest BCUT2D eigenvalue weighted by Crippen LogP contribution is 2.26. The van der Waals surface area contributed by atoms with Crippen LogP contribution in [0.2, 0.25) is 0 Å². The SMILES string of the molecule is C=Cc1c(C(=C)N(C)C)cccc1S(C)(=O)=O. The molecule has 0 aliphatic carbocycles. The summed E-state index contributed by atoms with van der Waals surface area (Å²) in [6, 6.07) is 5.14. The summed E-state index contributed by atoms with van der Waals surface area (Å²) in [5.74, 6) is 0. The van der Waals surface area contributed by atoms with E-state index in [0.717, 1.165) is 11.3 Å². The summed E-state index contributed by atoms with van der Waals surface area (Å²) >= 11 is 0. The Kier molecular flexibility index (Phi) is 3.78. The molecule has 0 radical (unpaired) electrons. The van der Waals surface area contributed by atoms with E-state index < -0.39 is 9.84 Å². The molecule has 0 saturated carbocycles. The molecule has 92 valence electrons. The summed E-state index contributed by atoms with van der Waals surface area (Å²) in [4.78, 5) is 2.13. The highest BCUT2D eigenvalue weighted by Gasteiger charge is 2.16. The zero-order chi connectivity index (χ0) is 13.2. The van der Waals surface area contributed by atoms with Crippen molar-refractivity contribution in [1.82, 2.24) is 4.90 Å². The molecule has 0 heterocycles. The van der Waals surface area contributed by atoms with Crippen LogP contribution in [0.4, 0.5) is 0 Å². The summed E-state index contributed by atoms with van der Waals surface area (Å²) < 4.78 is 23.3. The summed E-state index contributed by atoms with van der Waals surface area (Å²) in [5.41, 5.74) is 2.15. The Hall–Kier alpha value is -1.55. The third kappa shape index (κ3) is 2.77.